The Bertz CT molecular complexity index is 481. The minimum Gasteiger partial charge on any atom is -0.332 e. The molecule has 2 aromatic rings. The Morgan fingerprint density at radius 2 is 2.38 bits per heavy atom. The molecule has 0 unspecified atom stereocenters. The summed E-state index contributed by atoms with van der Waals surface area (Å²) in [6.07, 6.45) is 0.397. The van der Waals surface area contributed by atoms with Gasteiger partial charge in [-0.2, -0.15) is 5.26 Å². The Balaban J connectivity index is 2.69. The summed E-state index contributed by atoms with van der Waals surface area (Å²) in [4.78, 5) is 7.30. The Morgan fingerprint density at radius 3 is 3.15 bits per heavy atom. The molecule has 4 heteroatoms. The number of rotatable bonds is 1. The summed E-state index contributed by atoms with van der Waals surface area (Å²) in [5.74, 6) is 0. The highest BCUT2D eigenvalue weighted by atomic mass is 79.9. The zero-order valence-corrected chi connectivity index (χ0v) is 8.30. The molecule has 2 rings (SSSR count). The number of halogens is 1. The van der Waals surface area contributed by atoms with Gasteiger partial charge in [0.05, 0.1) is 23.5 Å². The molecule has 1 aromatic heterocycles. The van der Waals surface area contributed by atoms with Gasteiger partial charge in [-0.05, 0) is 27.6 Å². The molecule has 0 amide bonds. The molecule has 3 nitrogen and oxygen atoms in total. The number of para-hydroxylation sites is 1. The van der Waals surface area contributed by atoms with Crippen molar-refractivity contribution in [1.29, 1.82) is 5.26 Å². The molecule has 0 saturated heterocycles. The van der Waals surface area contributed by atoms with Crippen molar-refractivity contribution in [3.05, 3.63) is 28.5 Å². The van der Waals surface area contributed by atoms with Gasteiger partial charge in [-0.1, -0.05) is 12.1 Å². The molecule has 1 heterocycles. The van der Waals surface area contributed by atoms with Crippen LogP contribution in [-0.2, 0) is 6.42 Å². The number of benzene rings is 1. The highest BCUT2D eigenvalue weighted by Gasteiger charge is 2.04. The van der Waals surface area contributed by atoms with Crippen LogP contribution in [0, 0.1) is 11.3 Å². The van der Waals surface area contributed by atoms with Crippen molar-refractivity contribution in [3.8, 4) is 6.07 Å². The minimum absolute atomic E-state index is 0.397. The monoisotopic (exact) mass is 235 g/mol. The van der Waals surface area contributed by atoms with Crippen LogP contribution in [0.15, 0.2) is 22.9 Å². The van der Waals surface area contributed by atoms with E-state index in [4.69, 9.17) is 5.26 Å². The molecule has 0 radical (unpaired) electrons. The number of hydrogen-bond donors (Lipinski definition) is 1. The van der Waals surface area contributed by atoms with Gasteiger partial charge in [-0.15, -0.1) is 0 Å². The predicted molar refractivity (Wildman–Crippen MR) is 53.1 cm³/mol. The fourth-order valence-electron chi connectivity index (χ4n) is 1.29. The molecule has 0 bridgehead atoms. The van der Waals surface area contributed by atoms with Crippen molar-refractivity contribution in [2.75, 3.05) is 0 Å². The quantitative estimate of drug-likeness (QED) is 0.826. The van der Waals surface area contributed by atoms with Crippen LogP contribution in [0.5, 0.6) is 0 Å². The van der Waals surface area contributed by atoms with Gasteiger partial charge >= 0.3 is 0 Å². The van der Waals surface area contributed by atoms with Gasteiger partial charge in [-0.25, -0.2) is 4.98 Å². The Kier molecular flexibility index (Phi) is 2.03. The third kappa shape index (κ3) is 1.43. The van der Waals surface area contributed by atoms with Crippen LogP contribution in [0.2, 0.25) is 0 Å². The van der Waals surface area contributed by atoms with E-state index in [0.717, 1.165) is 16.6 Å². The van der Waals surface area contributed by atoms with Gasteiger partial charge in [0.25, 0.3) is 0 Å². The number of nitrogens with zero attached hydrogens (tertiary/aromatic N) is 2. The Morgan fingerprint density at radius 1 is 1.54 bits per heavy atom. The van der Waals surface area contributed by atoms with E-state index in [-0.39, 0.29) is 0 Å². The van der Waals surface area contributed by atoms with Gasteiger partial charge in [0.2, 0.25) is 0 Å². The summed E-state index contributed by atoms with van der Waals surface area (Å²) in [6.45, 7) is 0. The third-order valence-corrected chi connectivity index (χ3v) is 2.21. The van der Waals surface area contributed by atoms with Crippen molar-refractivity contribution in [2.45, 2.75) is 6.42 Å². The first-order valence-electron chi connectivity index (χ1n) is 3.81. The lowest BCUT2D eigenvalue weighted by Crippen LogP contribution is -1.82. The van der Waals surface area contributed by atoms with E-state index < -0.39 is 0 Å². The molecule has 0 saturated carbocycles. The highest BCUT2D eigenvalue weighted by Crippen LogP contribution is 2.18. The highest BCUT2D eigenvalue weighted by molar-refractivity contribution is 9.10. The standard InChI is InChI=1S/C9H6BrN3/c10-9-12-7-3-1-2-6(4-5-11)8(7)13-9/h1-3H,4H2,(H,12,13). The first-order valence-corrected chi connectivity index (χ1v) is 4.60. The number of fused-ring (bicyclic) bond motifs is 1. The first kappa shape index (κ1) is 8.27. The van der Waals surface area contributed by atoms with E-state index in [1.807, 2.05) is 18.2 Å². The number of H-pyrrole nitrogens is 1. The van der Waals surface area contributed by atoms with Crippen LogP contribution < -0.4 is 0 Å². The van der Waals surface area contributed by atoms with E-state index in [2.05, 4.69) is 32.0 Å². The summed E-state index contributed by atoms with van der Waals surface area (Å²) >= 11 is 3.26. The van der Waals surface area contributed by atoms with Crippen molar-refractivity contribution < 1.29 is 0 Å². The Labute approximate surface area is 83.5 Å². The number of aromatic amines is 1. The SMILES string of the molecule is N#CCc1cccc2[nH]c(Br)nc12. The molecular weight excluding hydrogens is 230 g/mol. The lowest BCUT2D eigenvalue weighted by molar-refractivity contribution is 1.24. The molecule has 0 spiro atoms. The van der Waals surface area contributed by atoms with Crippen LogP contribution in [0.1, 0.15) is 5.56 Å². The molecule has 1 N–H and O–H groups in total. The maximum absolute atomic E-state index is 8.59. The van der Waals surface area contributed by atoms with E-state index in [1.165, 1.54) is 0 Å². The fraction of sp³-hybridized carbons (Fsp3) is 0.111. The van der Waals surface area contributed by atoms with E-state index >= 15 is 0 Å². The fourth-order valence-corrected chi connectivity index (χ4v) is 1.68. The molecule has 0 aliphatic carbocycles. The van der Waals surface area contributed by atoms with Gasteiger partial charge in [0, 0.05) is 0 Å². The second kappa shape index (κ2) is 3.19. The molecule has 1 aromatic carbocycles. The average molecular weight is 236 g/mol. The van der Waals surface area contributed by atoms with Crippen LogP contribution in [0.25, 0.3) is 11.0 Å². The lowest BCUT2D eigenvalue weighted by Gasteiger charge is -1.93. The van der Waals surface area contributed by atoms with E-state index in [0.29, 0.717) is 11.2 Å². The van der Waals surface area contributed by atoms with Gasteiger partial charge < -0.3 is 4.98 Å². The molecule has 0 aliphatic heterocycles. The number of nitrogens with one attached hydrogen (secondary N) is 1. The van der Waals surface area contributed by atoms with Gasteiger partial charge in [0.1, 0.15) is 0 Å². The second-order valence-corrected chi connectivity index (χ2v) is 3.43. The lowest BCUT2D eigenvalue weighted by atomic mass is 10.1. The average Bonchev–Trinajstić information content (AvgIpc) is 2.47. The van der Waals surface area contributed by atoms with Crippen LogP contribution in [0.3, 0.4) is 0 Å². The zero-order valence-electron chi connectivity index (χ0n) is 6.71. The Hall–Kier alpha value is -1.34. The molecule has 0 atom stereocenters. The molecular formula is C9H6BrN3. The zero-order chi connectivity index (χ0) is 9.26. The largest absolute Gasteiger partial charge is 0.332 e. The first-order chi connectivity index (χ1) is 6.31. The van der Waals surface area contributed by atoms with Gasteiger partial charge in [-0.3, -0.25) is 0 Å². The molecule has 13 heavy (non-hydrogen) atoms. The van der Waals surface area contributed by atoms with E-state index in [1.54, 1.807) is 0 Å². The van der Waals surface area contributed by atoms with Crippen molar-refractivity contribution in [2.24, 2.45) is 0 Å². The van der Waals surface area contributed by atoms with Crippen molar-refractivity contribution in [1.82, 2.24) is 9.97 Å². The van der Waals surface area contributed by atoms with Gasteiger partial charge in [0.15, 0.2) is 4.73 Å². The normalized spacial score (nSPS) is 10.2. The summed E-state index contributed by atoms with van der Waals surface area (Å²) in [7, 11) is 0. The number of hydrogen-bond acceptors (Lipinski definition) is 2. The number of imidazole rings is 1. The summed E-state index contributed by atoms with van der Waals surface area (Å²) in [6, 6.07) is 7.89. The van der Waals surface area contributed by atoms with Crippen molar-refractivity contribution in [3.63, 3.8) is 0 Å². The van der Waals surface area contributed by atoms with Crippen LogP contribution in [0.4, 0.5) is 0 Å². The van der Waals surface area contributed by atoms with Crippen molar-refractivity contribution >= 4 is 27.0 Å². The minimum atomic E-state index is 0.397. The van der Waals surface area contributed by atoms with Crippen LogP contribution >= 0.6 is 15.9 Å². The smallest absolute Gasteiger partial charge is 0.175 e. The number of aromatic nitrogens is 2. The third-order valence-electron chi connectivity index (χ3n) is 1.84. The molecule has 0 aliphatic rings. The maximum Gasteiger partial charge on any atom is 0.175 e. The molecule has 0 fully saturated rings. The molecule has 64 valence electrons. The number of nitriles is 1. The summed E-state index contributed by atoms with van der Waals surface area (Å²) in [5.41, 5.74) is 2.79. The second-order valence-electron chi connectivity index (χ2n) is 2.68. The van der Waals surface area contributed by atoms with Crippen LogP contribution in [-0.4, -0.2) is 9.97 Å². The topological polar surface area (TPSA) is 52.5 Å². The summed E-state index contributed by atoms with van der Waals surface area (Å²) in [5, 5.41) is 8.59. The maximum atomic E-state index is 8.59. The summed E-state index contributed by atoms with van der Waals surface area (Å²) < 4.78 is 0.702. The van der Waals surface area contributed by atoms with E-state index in [9.17, 15) is 0 Å². The predicted octanol–water partition coefficient (Wildman–Crippen LogP) is 2.39.